The molecule has 1 saturated heterocycles. The van der Waals surface area contributed by atoms with Gasteiger partial charge in [-0.25, -0.2) is 4.99 Å². The highest BCUT2D eigenvalue weighted by Crippen LogP contribution is 2.37. The van der Waals surface area contributed by atoms with Crippen LogP contribution in [-0.4, -0.2) is 18.2 Å². The molecule has 4 rings (SSSR count). The van der Waals surface area contributed by atoms with Crippen molar-refractivity contribution >= 4 is 92.0 Å². The minimum Gasteiger partial charge on any atom is -0.493 e. The average Bonchev–Trinajstić information content (AvgIpc) is 3.15. The lowest BCUT2D eigenvalue weighted by Gasteiger charge is -2.14. The standard InChI is InChI=1S/C24H16Cl3IN2O3S/c1-32-19-10-14(9-17(28)22(19)33-12-13-5-7-15(25)8-6-13)11-20-23(31)30-24(34-20)29-18-4-2-3-16(26)21(18)27/h2-11H,12H2,1H3,(H,29,30,31)/b20-11+. The first-order valence-electron chi connectivity index (χ1n) is 9.82. The molecule has 1 amide bonds. The number of carbonyl (C=O) groups excluding carboxylic acids is 1. The number of ether oxygens (including phenoxy) is 2. The minimum atomic E-state index is -0.251. The molecule has 1 aliphatic heterocycles. The van der Waals surface area contributed by atoms with E-state index in [-0.39, 0.29) is 5.91 Å². The average molecular weight is 646 g/mol. The first-order chi connectivity index (χ1) is 16.3. The number of methoxy groups -OCH3 is 1. The van der Waals surface area contributed by atoms with Gasteiger partial charge in [0, 0.05) is 5.02 Å². The molecule has 5 nitrogen and oxygen atoms in total. The molecule has 1 heterocycles. The zero-order valence-electron chi connectivity index (χ0n) is 17.6. The van der Waals surface area contributed by atoms with Crippen molar-refractivity contribution < 1.29 is 14.3 Å². The number of thioether (sulfide) groups is 1. The van der Waals surface area contributed by atoms with Crippen molar-refractivity contribution in [1.29, 1.82) is 0 Å². The lowest BCUT2D eigenvalue weighted by Crippen LogP contribution is -2.19. The zero-order chi connectivity index (χ0) is 24.2. The minimum absolute atomic E-state index is 0.251. The Morgan fingerprint density at radius 1 is 1.12 bits per heavy atom. The molecule has 34 heavy (non-hydrogen) atoms. The van der Waals surface area contributed by atoms with E-state index in [0.717, 1.165) is 14.7 Å². The predicted octanol–water partition coefficient (Wildman–Crippen LogP) is 7.73. The number of benzene rings is 3. The van der Waals surface area contributed by atoms with Crippen LogP contribution in [0.2, 0.25) is 15.1 Å². The van der Waals surface area contributed by atoms with Crippen LogP contribution in [0, 0.1) is 3.57 Å². The van der Waals surface area contributed by atoms with Crippen LogP contribution in [0.1, 0.15) is 11.1 Å². The number of rotatable bonds is 6. The molecule has 174 valence electrons. The molecule has 0 unspecified atom stereocenters. The van der Waals surface area contributed by atoms with Crippen molar-refractivity contribution in [3.8, 4) is 11.5 Å². The molecule has 3 aromatic rings. The number of amides is 1. The van der Waals surface area contributed by atoms with Crippen LogP contribution in [0.15, 0.2) is 64.5 Å². The van der Waals surface area contributed by atoms with Crippen LogP contribution in [0.4, 0.5) is 5.69 Å². The van der Waals surface area contributed by atoms with Crippen molar-refractivity contribution in [2.75, 3.05) is 7.11 Å². The van der Waals surface area contributed by atoms with Crippen LogP contribution in [0.5, 0.6) is 11.5 Å². The molecule has 1 aliphatic rings. The fourth-order valence-corrected chi connectivity index (χ4v) is 5.10. The second-order valence-electron chi connectivity index (χ2n) is 7.00. The number of nitrogens with one attached hydrogen (secondary N) is 1. The molecule has 0 saturated carbocycles. The summed E-state index contributed by atoms with van der Waals surface area (Å²) in [5.74, 6) is 0.941. The van der Waals surface area contributed by atoms with Crippen LogP contribution < -0.4 is 14.8 Å². The molecule has 3 aromatic carbocycles. The van der Waals surface area contributed by atoms with Crippen molar-refractivity contribution in [3.05, 3.63) is 89.3 Å². The van der Waals surface area contributed by atoms with Crippen molar-refractivity contribution in [2.24, 2.45) is 4.99 Å². The van der Waals surface area contributed by atoms with Crippen LogP contribution in [-0.2, 0) is 11.4 Å². The van der Waals surface area contributed by atoms with Crippen LogP contribution in [0.25, 0.3) is 6.08 Å². The summed E-state index contributed by atoms with van der Waals surface area (Å²) < 4.78 is 12.4. The van der Waals surface area contributed by atoms with Gasteiger partial charge in [0.2, 0.25) is 0 Å². The van der Waals surface area contributed by atoms with Crippen molar-refractivity contribution in [1.82, 2.24) is 5.32 Å². The Balaban J connectivity index is 1.54. The normalized spacial score (nSPS) is 15.6. The van der Waals surface area contributed by atoms with Crippen LogP contribution in [0.3, 0.4) is 0 Å². The Hall–Kier alpha value is -1.91. The van der Waals surface area contributed by atoms with E-state index in [9.17, 15) is 4.79 Å². The quantitative estimate of drug-likeness (QED) is 0.220. The number of amidine groups is 1. The number of aliphatic imine (C=N–C) groups is 1. The van der Waals surface area contributed by atoms with E-state index in [2.05, 4.69) is 32.9 Å². The van der Waals surface area contributed by atoms with E-state index in [1.54, 1.807) is 31.4 Å². The third-order valence-electron chi connectivity index (χ3n) is 4.65. The molecule has 0 atom stereocenters. The number of carbonyl (C=O) groups is 1. The number of hydrogen-bond acceptors (Lipinski definition) is 5. The highest BCUT2D eigenvalue weighted by atomic mass is 127. The Morgan fingerprint density at radius 2 is 1.88 bits per heavy atom. The molecule has 0 bridgehead atoms. The summed E-state index contributed by atoms with van der Waals surface area (Å²) >= 11 is 21.6. The first kappa shape index (κ1) is 25.2. The van der Waals surface area contributed by atoms with Gasteiger partial charge in [0.15, 0.2) is 16.7 Å². The van der Waals surface area contributed by atoms with Crippen molar-refractivity contribution in [2.45, 2.75) is 6.61 Å². The highest BCUT2D eigenvalue weighted by Gasteiger charge is 2.24. The summed E-state index contributed by atoms with van der Waals surface area (Å²) in [5.41, 5.74) is 2.26. The van der Waals surface area contributed by atoms with Gasteiger partial charge in [-0.2, -0.15) is 0 Å². The molecule has 0 radical (unpaired) electrons. The topological polar surface area (TPSA) is 59.9 Å². The largest absolute Gasteiger partial charge is 0.493 e. The Morgan fingerprint density at radius 3 is 2.62 bits per heavy atom. The first-order valence-corrected chi connectivity index (χ1v) is 12.9. The van der Waals surface area contributed by atoms with E-state index >= 15 is 0 Å². The fraction of sp³-hybridized carbons (Fsp3) is 0.0833. The van der Waals surface area contributed by atoms with E-state index in [1.165, 1.54) is 11.8 Å². The Labute approximate surface area is 229 Å². The van der Waals surface area contributed by atoms with Gasteiger partial charge < -0.3 is 14.8 Å². The zero-order valence-corrected chi connectivity index (χ0v) is 22.8. The number of halogens is 4. The lowest BCUT2D eigenvalue weighted by molar-refractivity contribution is -0.115. The molecular formula is C24H16Cl3IN2O3S. The summed E-state index contributed by atoms with van der Waals surface area (Å²) in [6, 6.07) is 16.4. The van der Waals surface area contributed by atoms with Gasteiger partial charge in [-0.1, -0.05) is 53.0 Å². The molecular weight excluding hydrogens is 630 g/mol. The Bertz CT molecular complexity index is 1310. The summed E-state index contributed by atoms with van der Waals surface area (Å²) in [4.78, 5) is 17.4. The van der Waals surface area contributed by atoms with Gasteiger partial charge in [-0.05, 0) is 88.0 Å². The number of hydrogen-bond donors (Lipinski definition) is 1. The molecule has 1 fully saturated rings. The van der Waals surface area contributed by atoms with E-state index < -0.39 is 0 Å². The summed E-state index contributed by atoms with van der Waals surface area (Å²) in [6.07, 6.45) is 1.77. The maximum atomic E-state index is 12.5. The maximum Gasteiger partial charge on any atom is 0.264 e. The SMILES string of the molecule is COc1cc(/C=C2/SC(=Nc3cccc(Cl)c3Cl)NC2=O)cc(I)c1OCc1ccc(Cl)cc1. The molecule has 0 aliphatic carbocycles. The maximum absolute atomic E-state index is 12.5. The van der Waals surface area contributed by atoms with Gasteiger partial charge in [-0.15, -0.1) is 0 Å². The highest BCUT2D eigenvalue weighted by molar-refractivity contribution is 14.1. The number of nitrogens with zero attached hydrogens (tertiary/aromatic N) is 1. The molecule has 0 aromatic heterocycles. The van der Waals surface area contributed by atoms with E-state index in [0.29, 0.717) is 48.9 Å². The van der Waals surface area contributed by atoms with Gasteiger partial charge in [0.1, 0.15) is 6.61 Å². The summed E-state index contributed by atoms with van der Waals surface area (Å²) in [5, 5.41) is 4.57. The van der Waals surface area contributed by atoms with E-state index in [1.807, 2.05) is 36.4 Å². The van der Waals surface area contributed by atoms with Gasteiger partial charge in [-0.3, -0.25) is 4.79 Å². The summed E-state index contributed by atoms with van der Waals surface area (Å²) in [7, 11) is 1.58. The fourth-order valence-electron chi connectivity index (χ4n) is 3.02. The second kappa shape index (κ2) is 11.2. The monoisotopic (exact) mass is 644 g/mol. The smallest absolute Gasteiger partial charge is 0.264 e. The summed E-state index contributed by atoms with van der Waals surface area (Å²) in [6.45, 7) is 0.369. The lowest BCUT2D eigenvalue weighted by atomic mass is 10.2. The van der Waals surface area contributed by atoms with Crippen LogP contribution >= 0.6 is 69.2 Å². The van der Waals surface area contributed by atoms with Gasteiger partial charge >= 0.3 is 0 Å². The predicted molar refractivity (Wildman–Crippen MR) is 149 cm³/mol. The van der Waals surface area contributed by atoms with Crippen molar-refractivity contribution in [3.63, 3.8) is 0 Å². The van der Waals surface area contributed by atoms with Gasteiger partial charge in [0.05, 0.1) is 31.3 Å². The molecule has 1 N–H and O–H groups in total. The Kier molecular flexibility index (Phi) is 8.31. The third-order valence-corrected chi connectivity index (χ3v) is 7.42. The molecule has 0 spiro atoms. The molecule has 10 heteroatoms. The van der Waals surface area contributed by atoms with E-state index in [4.69, 9.17) is 44.3 Å². The van der Waals surface area contributed by atoms with Gasteiger partial charge in [0.25, 0.3) is 5.91 Å². The second-order valence-corrected chi connectivity index (χ2v) is 10.4. The third kappa shape index (κ3) is 6.01.